The Labute approximate surface area is 255 Å². The molecule has 2 bridgehead atoms. The first kappa shape index (κ1) is 28.9. The maximum Gasteiger partial charge on any atom is 0.251 e. The van der Waals surface area contributed by atoms with Crippen LogP contribution in [0, 0.1) is 0 Å². The Kier molecular flexibility index (Phi) is 8.54. The molecule has 44 heavy (non-hydrogen) atoms. The molecule has 4 aromatic carbocycles. The molecule has 224 valence electrons. The number of hydrogen-bond donors (Lipinski definition) is 3. The Morgan fingerprint density at radius 1 is 0.886 bits per heavy atom. The predicted molar refractivity (Wildman–Crippen MR) is 166 cm³/mol. The van der Waals surface area contributed by atoms with Gasteiger partial charge in [0.25, 0.3) is 11.8 Å². The number of rotatable bonds is 4. The first-order valence-electron chi connectivity index (χ1n) is 14.8. The molecule has 9 heteroatoms. The van der Waals surface area contributed by atoms with Crippen molar-refractivity contribution in [3.63, 3.8) is 0 Å². The smallest absolute Gasteiger partial charge is 0.251 e. The van der Waals surface area contributed by atoms with Crippen LogP contribution in [0.15, 0.2) is 97.1 Å². The third-order valence-corrected chi connectivity index (χ3v) is 8.14. The van der Waals surface area contributed by atoms with E-state index in [4.69, 9.17) is 4.74 Å². The van der Waals surface area contributed by atoms with E-state index in [1.807, 2.05) is 54.6 Å². The average Bonchev–Trinajstić information content (AvgIpc) is 3.45. The summed E-state index contributed by atoms with van der Waals surface area (Å²) >= 11 is 0. The van der Waals surface area contributed by atoms with E-state index in [0.29, 0.717) is 36.3 Å². The van der Waals surface area contributed by atoms with E-state index < -0.39 is 11.9 Å². The zero-order chi connectivity index (χ0) is 30.5. The van der Waals surface area contributed by atoms with Crippen LogP contribution in [-0.4, -0.2) is 66.4 Å². The molecule has 0 unspecified atom stereocenters. The largest absolute Gasteiger partial charge is 0.491 e. The second-order valence-corrected chi connectivity index (χ2v) is 11.3. The highest BCUT2D eigenvalue weighted by Gasteiger charge is 2.37. The van der Waals surface area contributed by atoms with Crippen molar-refractivity contribution in [2.45, 2.75) is 37.4 Å². The van der Waals surface area contributed by atoms with Gasteiger partial charge in [-0.2, -0.15) is 0 Å². The lowest BCUT2D eigenvalue weighted by Gasteiger charge is -2.27. The maximum atomic E-state index is 13.9. The van der Waals surface area contributed by atoms with E-state index in [1.54, 1.807) is 41.3 Å². The minimum atomic E-state index is -0.515. The minimum absolute atomic E-state index is 0.0517. The molecule has 4 aromatic rings. The van der Waals surface area contributed by atoms with E-state index in [0.717, 1.165) is 16.3 Å². The number of nitrogens with zero attached hydrogens (tertiary/aromatic N) is 1. The molecule has 0 aliphatic carbocycles. The zero-order valence-electron chi connectivity index (χ0n) is 24.2. The number of carbonyl (C=O) groups excluding carboxylic acids is 4. The molecule has 2 aliphatic heterocycles. The van der Waals surface area contributed by atoms with Gasteiger partial charge in [0.05, 0.1) is 12.6 Å². The van der Waals surface area contributed by atoms with Crippen LogP contribution in [0.3, 0.4) is 0 Å². The van der Waals surface area contributed by atoms with Crippen molar-refractivity contribution in [1.82, 2.24) is 20.9 Å². The zero-order valence-corrected chi connectivity index (χ0v) is 24.2. The Morgan fingerprint density at radius 3 is 2.52 bits per heavy atom. The van der Waals surface area contributed by atoms with E-state index >= 15 is 0 Å². The fourth-order valence-corrected chi connectivity index (χ4v) is 5.96. The standard InChI is InChI=1S/C35H34N4O5/c40-32-20-36-34(42)27-11-6-12-31(17-27)44-22-30-18-29(38-35(43)25-8-2-1-3-9-25)21-39(30)33(41)19-28(37-32)16-23-13-14-24-7-4-5-10-26(24)15-23/h1-15,17,28-30H,16,18-22H2,(H,36,42)(H,37,40)(H,38,43)/t28-,29+,30-/m0/s1. The van der Waals surface area contributed by atoms with Crippen LogP contribution in [0.25, 0.3) is 10.8 Å². The third-order valence-electron chi connectivity index (χ3n) is 8.14. The average molecular weight is 591 g/mol. The van der Waals surface area contributed by atoms with Crippen molar-refractivity contribution < 1.29 is 23.9 Å². The van der Waals surface area contributed by atoms with E-state index in [1.165, 1.54) is 0 Å². The second kappa shape index (κ2) is 13.0. The van der Waals surface area contributed by atoms with Crippen LogP contribution in [-0.2, 0) is 16.0 Å². The molecule has 9 nitrogen and oxygen atoms in total. The third kappa shape index (κ3) is 6.89. The molecule has 3 atom stereocenters. The normalized spacial score (nSPS) is 20.9. The molecule has 3 N–H and O–H groups in total. The van der Waals surface area contributed by atoms with Crippen molar-refractivity contribution in [3.05, 3.63) is 114 Å². The number of ether oxygens (including phenoxy) is 1. The molecule has 2 heterocycles. The van der Waals surface area contributed by atoms with Gasteiger partial charge in [-0.25, -0.2) is 0 Å². The molecule has 2 aliphatic rings. The van der Waals surface area contributed by atoms with Crippen LogP contribution in [0.2, 0.25) is 0 Å². The predicted octanol–water partition coefficient (Wildman–Crippen LogP) is 3.48. The SMILES string of the molecule is O=C1CNC(=O)c2cccc(c2)OC[C@@H]2C[C@@H](NC(=O)c3ccccc3)CN2C(=O)C[C@H](Cc2ccc3ccccc3c2)N1. The van der Waals surface area contributed by atoms with Crippen molar-refractivity contribution in [1.29, 1.82) is 0 Å². The summed E-state index contributed by atoms with van der Waals surface area (Å²) in [6.07, 6.45) is 0.989. The van der Waals surface area contributed by atoms with Crippen molar-refractivity contribution >= 4 is 34.4 Å². The molecular weight excluding hydrogens is 556 g/mol. The van der Waals surface area contributed by atoms with Crippen LogP contribution in [0.1, 0.15) is 39.1 Å². The van der Waals surface area contributed by atoms with E-state index in [9.17, 15) is 19.2 Å². The molecule has 1 fully saturated rings. The van der Waals surface area contributed by atoms with Crippen molar-refractivity contribution in [3.8, 4) is 5.75 Å². The highest BCUT2D eigenvalue weighted by atomic mass is 16.5. The summed E-state index contributed by atoms with van der Waals surface area (Å²) in [6, 6.07) is 28.7. The summed E-state index contributed by atoms with van der Waals surface area (Å²) in [5.41, 5.74) is 1.90. The molecule has 1 saturated heterocycles. The lowest BCUT2D eigenvalue weighted by atomic mass is 9.99. The van der Waals surface area contributed by atoms with Gasteiger partial charge >= 0.3 is 0 Å². The highest BCUT2D eigenvalue weighted by Crippen LogP contribution is 2.24. The molecule has 0 saturated carbocycles. The van der Waals surface area contributed by atoms with Gasteiger partial charge in [0.15, 0.2) is 0 Å². The lowest BCUT2D eigenvalue weighted by molar-refractivity contribution is -0.133. The van der Waals surface area contributed by atoms with E-state index in [2.05, 4.69) is 22.0 Å². The fraction of sp³-hybridized carbons (Fsp3) is 0.257. The van der Waals surface area contributed by atoms with Gasteiger partial charge < -0.3 is 25.6 Å². The molecular formula is C35H34N4O5. The van der Waals surface area contributed by atoms with Gasteiger partial charge in [0.1, 0.15) is 12.4 Å². The minimum Gasteiger partial charge on any atom is -0.491 e. The van der Waals surface area contributed by atoms with Gasteiger partial charge in [0.2, 0.25) is 11.8 Å². The lowest BCUT2D eigenvalue weighted by Crippen LogP contribution is -2.47. The molecule has 6 rings (SSSR count). The Balaban J connectivity index is 1.25. The summed E-state index contributed by atoms with van der Waals surface area (Å²) in [4.78, 5) is 54.4. The highest BCUT2D eigenvalue weighted by molar-refractivity contribution is 5.97. The first-order valence-corrected chi connectivity index (χ1v) is 14.8. The molecule has 4 amide bonds. The Morgan fingerprint density at radius 2 is 1.68 bits per heavy atom. The van der Waals surface area contributed by atoms with Crippen molar-refractivity contribution in [2.75, 3.05) is 19.7 Å². The monoisotopic (exact) mass is 590 g/mol. The van der Waals surface area contributed by atoms with Gasteiger partial charge in [0, 0.05) is 36.2 Å². The number of benzene rings is 4. The molecule has 0 radical (unpaired) electrons. The van der Waals surface area contributed by atoms with Crippen LogP contribution >= 0.6 is 0 Å². The van der Waals surface area contributed by atoms with Crippen molar-refractivity contribution in [2.24, 2.45) is 0 Å². The number of carbonyl (C=O) groups is 4. The van der Waals surface area contributed by atoms with Crippen LogP contribution in [0.5, 0.6) is 5.75 Å². The Hall–Kier alpha value is -5.18. The van der Waals surface area contributed by atoms with Gasteiger partial charge in [-0.3, -0.25) is 19.2 Å². The van der Waals surface area contributed by atoms with Gasteiger partial charge in [-0.05, 0) is 59.5 Å². The summed E-state index contributed by atoms with van der Waals surface area (Å²) in [5, 5.41) is 10.9. The first-order chi connectivity index (χ1) is 21.4. The summed E-state index contributed by atoms with van der Waals surface area (Å²) in [6.45, 7) is 0.282. The van der Waals surface area contributed by atoms with Crippen LogP contribution < -0.4 is 20.7 Å². The number of fused-ring (bicyclic) bond motifs is 4. The topological polar surface area (TPSA) is 117 Å². The number of amides is 4. The van der Waals surface area contributed by atoms with E-state index in [-0.39, 0.29) is 49.4 Å². The second-order valence-electron chi connectivity index (χ2n) is 11.3. The maximum absolute atomic E-state index is 13.9. The molecule has 0 aromatic heterocycles. The summed E-state index contributed by atoms with van der Waals surface area (Å²) in [5.74, 6) is -0.644. The summed E-state index contributed by atoms with van der Waals surface area (Å²) < 4.78 is 6.09. The molecule has 0 spiro atoms. The van der Waals surface area contributed by atoms with Gasteiger partial charge in [-0.15, -0.1) is 0 Å². The fourth-order valence-electron chi connectivity index (χ4n) is 5.96. The quantitative estimate of drug-likeness (QED) is 0.337. The summed E-state index contributed by atoms with van der Waals surface area (Å²) in [7, 11) is 0. The van der Waals surface area contributed by atoms with Crippen LogP contribution in [0.4, 0.5) is 0 Å². The Bertz CT molecular complexity index is 1690. The van der Waals surface area contributed by atoms with Gasteiger partial charge in [-0.1, -0.05) is 66.7 Å². The number of nitrogens with one attached hydrogen (secondary N) is 3. The number of hydrogen-bond acceptors (Lipinski definition) is 5.